The number of hydrogen-bond donors (Lipinski definition) is 0. The molecule has 0 radical (unpaired) electrons. The molecular weight excluding hydrogens is 237 g/mol. The number of benzene rings is 1. The maximum absolute atomic E-state index is 11.2. The predicted octanol–water partition coefficient (Wildman–Crippen LogP) is 3.42. The molecule has 0 aliphatic carbocycles. The minimum absolute atomic E-state index is 0.210. The smallest absolute Gasteiger partial charge is 0.302 e. The summed E-state index contributed by atoms with van der Waals surface area (Å²) in [5.74, 6) is 0. The van der Waals surface area contributed by atoms with E-state index in [0.717, 1.165) is 5.56 Å². The molecule has 0 heterocycles. The van der Waals surface area contributed by atoms with Gasteiger partial charge in [-0.25, -0.2) is 4.57 Å². The molecule has 1 aromatic rings. The molecule has 0 saturated heterocycles. The fourth-order valence-electron chi connectivity index (χ4n) is 0.858. The highest BCUT2D eigenvalue weighted by atomic mass is 35.7. The highest BCUT2D eigenvalue weighted by Gasteiger charge is 2.20. The SMILES string of the molecule is CCOP(=O)(Cl)O/N=C/c1ccccc1. The number of hydrogen-bond acceptors (Lipinski definition) is 4. The Balaban J connectivity index is 2.50. The molecule has 0 amide bonds. The lowest BCUT2D eigenvalue weighted by Crippen LogP contribution is -1.86. The quantitative estimate of drug-likeness (QED) is 0.455. The summed E-state index contributed by atoms with van der Waals surface area (Å²) >= 11 is 5.40. The molecule has 15 heavy (non-hydrogen) atoms. The molecule has 82 valence electrons. The van der Waals surface area contributed by atoms with Gasteiger partial charge in [-0.05, 0) is 12.5 Å². The Bertz CT molecular complexity index is 369. The molecule has 1 unspecified atom stereocenters. The first-order chi connectivity index (χ1) is 7.14. The Hall–Kier alpha value is -0.830. The van der Waals surface area contributed by atoms with Gasteiger partial charge in [0.2, 0.25) is 0 Å². The van der Waals surface area contributed by atoms with Crippen LogP contribution in [-0.4, -0.2) is 12.8 Å². The van der Waals surface area contributed by atoms with Crippen LogP contribution in [0.1, 0.15) is 12.5 Å². The van der Waals surface area contributed by atoms with Gasteiger partial charge >= 0.3 is 6.95 Å². The summed E-state index contributed by atoms with van der Waals surface area (Å²) in [4.78, 5) is 0. The summed E-state index contributed by atoms with van der Waals surface area (Å²) in [7, 11) is 0. The van der Waals surface area contributed by atoms with Gasteiger partial charge < -0.3 is 4.62 Å². The van der Waals surface area contributed by atoms with Crippen LogP contribution >= 0.6 is 18.2 Å². The van der Waals surface area contributed by atoms with E-state index in [1.807, 2.05) is 30.3 Å². The van der Waals surface area contributed by atoms with Gasteiger partial charge in [0, 0.05) is 11.2 Å². The van der Waals surface area contributed by atoms with E-state index in [1.54, 1.807) is 6.92 Å². The monoisotopic (exact) mass is 247 g/mol. The normalized spacial score (nSPS) is 15.1. The Morgan fingerprint density at radius 3 is 2.73 bits per heavy atom. The van der Waals surface area contributed by atoms with Gasteiger partial charge in [0.1, 0.15) is 0 Å². The van der Waals surface area contributed by atoms with Gasteiger partial charge in [-0.2, -0.15) is 0 Å². The van der Waals surface area contributed by atoms with E-state index in [4.69, 9.17) is 11.2 Å². The van der Waals surface area contributed by atoms with E-state index in [1.165, 1.54) is 6.21 Å². The average Bonchev–Trinajstić information content (AvgIpc) is 2.19. The highest BCUT2D eigenvalue weighted by molar-refractivity contribution is 7.81. The van der Waals surface area contributed by atoms with Crippen LogP contribution in [0.5, 0.6) is 0 Å². The third kappa shape index (κ3) is 4.98. The Morgan fingerprint density at radius 1 is 1.47 bits per heavy atom. The van der Waals surface area contributed by atoms with Gasteiger partial charge in [0.25, 0.3) is 0 Å². The van der Waals surface area contributed by atoms with Crippen LogP contribution in [0.3, 0.4) is 0 Å². The standard InChI is InChI=1S/C9H11ClNO3P/c1-2-13-15(10,12)14-11-8-9-6-4-3-5-7-9/h3-8H,2H2,1H3/b11-8+. The zero-order chi connectivity index (χ0) is 11.1. The van der Waals surface area contributed by atoms with Gasteiger partial charge in [-0.3, -0.25) is 4.52 Å². The van der Waals surface area contributed by atoms with Crippen molar-refractivity contribution in [2.75, 3.05) is 6.61 Å². The number of oxime groups is 1. The largest absolute Gasteiger partial charge is 0.496 e. The topological polar surface area (TPSA) is 47.9 Å². The first-order valence-corrected chi connectivity index (χ1v) is 6.80. The molecule has 6 heteroatoms. The molecule has 0 saturated carbocycles. The van der Waals surface area contributed by atoms with Crippen LogP contribution in [0.4, 0.5) is 0 Å². The molecular formula is C9H11ClNO3P. The Morgan fingerprint density at radius 2 is 2.13 bits per heavy atom. The lowest BCUT2D eigenvalue weighted by atomic mass is 10.2. The first-order valence-electron chi connectivity index (χ1n) is 4.35. The summed E-state index contributed by atoms with van der Waals surface area (Å²) in [5.41, 5.74) is 0.825. The van der Waals surface area contributed by atoms with Crippen LogP contribution in [0.25, 0.3) is 0 Å². The van der Waals surface area contributed by atoms with Crippen molar-refractivity contribution in [2.45, 2.75) is 6.92 Å². The van der Waals surface area contributed by atoms with E-state index in [9.17, 15) is 4.57 Å². The van der Waals surface area contributed by atoms with E-state index in [2.05, 4.69) is 14.3 Å². The third-order valence-electron chi connectivity index (χ3n) is 1.43. The second-order valence-corrected chi connectivity index (χ2v) is 5.10. The van der Waals surface area contributed by atoms with Gasteiger partial charge in [-0.15, -0.1) is 0 Å². The lowest BCUT2D eigenvalue weighted by Gasteiger charge is -2.05. The minimum Gasteiger partial charge on any atom is -0.302 e. The minimum atomic E-state index is -3.56. The van der Waals surface area contributed by atoms with Crippen LogP contribution in [0.15, 0.2) is 35.5 Å². The van der Waals surface area contributed by atoms with Gasteiger partial charge in [0.15, 0.2) is 0 Å². The van der Waals surface area contributed by atoms with Crippen LogP contribution in [0.2, 0.25) is 0 Å². The molecule has 0 bridgehead atoms. The summed E-state index contributed by atoms with van der Waals surface area (Å²) in [6, 6.07) is 9.23. The third-order valence-corrected chi connectivity index (χ3v) is 2.76. The molecule has 1 atom stereocenters. The van der Waals surface area contributed by atoms with Gasteiger partial charge in [-0.1, -0.05) is 35.5 Å². The average molecular weight is 248 g/mol. The van der Waals surface area contributed by atoms with Crippen LogP contribution < -0.4 is 0 Å². The molecule has 1 aromatic carbocycles. The second-order valence-electron chi connectivity index (χ2n) is 2.58. The van der Waals surface area contributed by atoms with Crippen molar-refractivity contribution in [3.63, 3.8) is 0 Å². The molecule has 0 aliphatic rings. The van der Waals surface area contributed by atoms with Crippen LogP contribution in [0, 0.1) is 0 Å². The van der Waals surface area contributed by atoms with Crippen molar-refractivity contribution in [3.8, 4) is 0 Å². The number of halogens is 1. The van der Waals surface area contributed by atoms with Crippen molar-refractivity contribution < 1.29 is 13.7 Å². The molecule has 0 aliphatic heterocycles. The summed E-state index contributed by atoms with van der Waals surface area (Å²) in [6.45, 7) is -1.68. The van der Waals surface area contributed by atoms with E-state index < -0.39 is 6.95 Å². The number of nitrogens with zero attached hydrogens (tertiary/aromatic N) is 1. The van der Waals surface area contributed by atoms with E-state index in [0.29, 0.717) is 0 Å². The highest BCUT2D eigenvalue weighted by Crippen LogP contribution is 2.53. The van der Waals surface area contributed by atoms with Crippen molar-refractivity contribution in [1.29, 1.82) is 0 Å². The molecule has 0 N–H and O–H groups in total. The van der Waals surface area contributed by atoms with Crippen molar-refractivity contribution >= 4 is 24.4 Å². The lowest BCUT2D eigenvalue weighted by molar-refractivity contribution is 0.235. The molecule has 4 nitrogen and oxygen atoms in total. The second kappa shape index (κ2) is 5.91. The number of rotatable bonds is 5. The van der Waals surface area contributed by atoms with Crippen LogP contribution in [-0.2, 0) is 13.7 Å². The molecule has 1 rings (SSSR count). The maximum Gasteiger partial charge on any atom is 0.496 e. The summed E-state index contributed by atoms with van der Waals surface area (Å²) in [6.07, 6.45) is 1.41. The predicted molar refractivity (Wildman–Crippen MR) is 60.2 cm³/mol. The fourth-order valence-corrected chi connectivity index (χ4v) is 1.77. The van der Waals surface area contributed by atoms with E-state index >= 15 is 0 Å². The van der Waals surface area contributed by atoms with Crippen molar-refractivity contribution in [3.05, 3.63) is 35.9 Å². The summed E-state index contributed by atoms with van der Waals surface area (Å²) < 4.78 is 20.4. The Labute approximate surface area is 93.2 Å². The molecule has 0 spiro atoms. The van der Waals surface area contributed by atoms with Gasteiger partial charge in [0.05, 0.1) is 12.8 Å². The Kier molecular flexibility index (Phi) is 4.82. The first kappa shape index (κ1) is 12.2. The summed E-state index contributed by atoms with van der Waals surface area (Å²) in [5, 5.41) is 3.49. The maximum atomic E-state index is 11.2. The zero-order valence-electron chi connectivity index (χ0n) is 8.17. The molecule has 0 fully saturated rings. The fraction of sp³-hybridized carbons (Fsp3) is 0.222. The zero-order valence-corrected chi connectivity index (χ0v) is 9.82. The van der Waals surface area contributed by atoms with E-state index in [-0.39, 0.29) is 6.61 Å². The van der Waals surface area contributed by atoms with Crippen molar-refractivity contribution in [1.82, 2.24) is 0 Å². The molecule has 0 aromatic heterocycles. The van der Waals surface area contributed by atoms with Crippen molar-refractivity contribution in [2.24, 2.45) is 5.16 Å².